The summed E-state index contributed by atoms with van der Waals surface area (Å²) in [7, 11) is 0. The molecule has 1 aromatic rings. The summed E-state index contributed by atoms with van der Waals surface area (Å²) in [5, 5.41) is 7.35. The Kier molecular flexibility index (Phi) is 4.82. The number of likely N-dealkylation sites (tertiary alicyclic amines) is 1. The first-order valence-electron chi connectivity index (χ1n) is 9.16. The van der Waals surface area contributed by atoms with Gasteiger partial charge in [-0.3, -0.25) is 0 Å². The average molecular weight is 346 g/mol. The highest BCUT2D eigenvalue weighted by Crippen LogP contribution is 2.42. The van der Waals surface area contributed by atoms with E-state index in [0.29, 0.717) is 25.6 Å². The number of amides is 1. The second-order valence-corrected chi connectivity index (χ2v) is 8.05. The van der Waals surface area contributed by atoms with Crippen LogP contribution in [0, 0.1) is 5.92 Å². The number of piperidine rings is 1. The molecule has 0 unspecified atom stereocenters. The van der Waals surface area contributed by atoms with Crippen LogP contribution in [0.1, 0.15) is 40.0 Å². The van der Waals surface area contributed by atoms with Crippen molar-refractivity contribution in [2.75, 3.05) is 30.3 Å². The number of carbonyl (C=O) groups excluding carboxylic acids is 1. The molecule has 0 bridgehead atoms. The van der Waals surface area contributed by atoms with Gasteiger partial charge < -0.3 is 26.0 Å². The molecule has 3 rings (SSSR count). The third-order valence-corrected chi connectivity index (χ3v) is 5.02. The van der Waals surface area contributed by atoms with Crippen LogP contribution in [0.5, 0.6) is 0 Å². The summed E-state index contributed by atoms with van der Waals surface area (Å²) in [5.74, 6) is 0.405. The Morgan fingerprint density at radius 3 is 2.28 bits per heavy atom. The molecular weight excluding hydrogens is 316 g/mol. The highest BCUT2D eigenvalue weighted by Gasteiger charge is 2.44. The first-order valence-corrected chi connectivity index (χ1v) is 9.16. The van der Waals surface area contributed by atoms with Gasteiger partial charge in [0.25, 0.3) is 0 Å². The van der Waals surface area contributed by atoms with Crippen molar-refractivity contribution in [2.24, 2.45) is 11.7 Å². The van der Waals surface area contributed by atoms with E-state index in [1.165, 1.54) is 0 Å². The van der Waals surface area contributed by atoms with Crippen LogP contribution >= 0.6 is 0 Å². The maximum absolute atomic E-state index is 12.3. The molecule has 6 heteroatoms. The van der Waals surface area contributed by atoms with Gasteiger partial charge in [-0.2, -0.15) is 0 Å². The molecule has 0 spiro atoms. The topological polar surface area (TPSA) is 79.6 Å². The van der Waals surface area contributed by atoms with Crippen molar-refractivity contribution in [3.63, 3.8) is 0 Å². The van der Waals surface area contributed by atoms with E-state index in [-0.39, 0.29) is 11.8 Å². The van der Waals surface area contributed by atoms with Crippen LogP contribution in [0.25, 0.3) is 0 Å². The second kappa shape index (κ2) is 6.75. The first kappa shape index (κ1) is 17.9. The van der Waals surface area contributed by atoms with E-state index in [4.69, 9.17) is 10.5 Å². The standard InChI is InChI=1S/C19H30N4O2/c1-18(2,3)25-17(24)23-12-8-14(9-13-23)19(10-11-20)21-15-6-4-5-7-16(15)22-19/h4-7,14,21-22H,8-13,20H2,1-3H3. The van der Waals surface area contributed by atoms with Crippen LogP contribution in [0.15, 0.2) is 24.3 Å². The fraction of sp³-hybridized carbons (Fsp3) is 0.632. The Labute approximate surface area is 150 Å². The molecule has 0 aromatic heterocycles. The van der Waals surface area contributed by atoms with Crippen molar-refractivity contribution in [3.05, 3.63) is 24.3 Å². The van der Waals surface area contributed by atoms with E-state index in [9.17, 15) is 4.79 Å². The quantitative estimate of drug-likeness (QED) is 0.783. The Bertz CT molecular complexity index is 593. The smallest absolute Gasteiger partial charge is 0.410 e. The number of ether oxygens (including phenoxy) is 1. The van der Waals surface area contributed by atoms with Gasteiger partial charge in [0, 0.05) is 25.4 Å². The number of nitrogens with zero attached hydrogens (tertiary/aromatic N) is 1. The van der Waals surface area contributed by atoms with Gasteiger partial charge in [-0.15, -0.1) is 0 Å². The van der Waals surface area contributed by atoms with E-state index < -0.39 is 5.60 Å². The summed E-state index contributed by atoms with van der Waals surface area (Å²) in [6.45, 7) is 7.74. The fourth-order valence-electron chi connectivity index (χ4n) is 3.86. The number of rotatable bonds is 3. The van der Waals surface area contributed by atoms with Crippen molar-refractivity contribution in [1.82, 2.24) is 4.90 Å². The lowest BCUT2D eigenvalue weighted by Gasteiger charge is -2.43. The number of hydrogen-bond donors (Lipinski definition) is 3. The van der Waals surface area contributed by atoms with Gasteiger partial charge in [0.1, 0.15) is 11.3 Å². The number of nitrogens with one attached hydrogen (secondary N) is 2. The van der Waals surface area contributed by atoms with Crippen molar-refractivity contribution < 1.29 is 9.53 Å². The molecule has 0 atom stereocenters. The Morgan fingerprint density at radius 2 is 1.80 bits per heavy atom. The molecular formula is C19H30N4O2. The highest BCUT2D eigenvalue weighted by molar-refractivity contribution is 5.76. The molecule has 2 aliphatic heterocycles. The third kappa shape index (κ3) is 3.84. The van der Waals surface area contributed by atoms with Crippen molar-refractivity contribution in [3.8, 4) is 0 Å². The van der Waals surface area contributed by atoms with E-state index in [1.54, 1.807) is 0 Å². The molecule has 0 radical (unpaired) electrons. The van der Waals surface area contributed by atoms with Crippen molar-refractivity contribution in [1.29, 1.82) is 0 Å². The van der Waals surface area contributed by atoms with Crippen LogP contribution in [-0.4, -0.2) is 41.9 Å². The zero-order valence-corrected chi connectivity index (χ0v) is 15.5. The Balaban J connectivity index is 1.66. The minimum absolute atomic E-state index is 0.213. The number of benzene rings is 1. The minimum Gasteiger partial charge on any atom is -0.444 e. The molecule has 1 aromatic carbocycles. The van der Waals surface area contributed by atoms with Gasteiger partial charge in [-0.05, 0) is 52.3 Å². The summed E-state index contributed by atoms with van der Waals surface area (Å²) in [5.41, 5.74) is 7.50. The summed E-state index contributed by atoms with van der Waals surface area (Å²) in [4.78, 5) is 14.1. The number of nitrogens with two attached hydrogens (primary N) is 1. The zero-order valence-electron chi connectivity index (χ0n) is 15.5. The molecule has 2 aliphatic rings. The normalized spacial score (nSPS) is 19.8. The molecule has 25 heavy (non-hydrogen) atoms. The van der Waals surface area contributed by atoms with E-state index in [2.05, 4.69) is 22.8 Å². The van der Waals surface area contributed by atoms with Gasteiger partial charge in [0.05, 0.1) is 11.4 Å². The maximum Gasteiger partial charge on any atom is 0.410 e. The predicted octanol–water partition coefficient (Wildman–Crippen LogP) is 3.22. The number of carbonyl (C=O) groups is 1. The fourth-order valence-corrected chi connectivity index (χ4v) is 3.86. The van der Waals surface area contributed by atoms with E-state index in [1.807, 2.05) is 37.8 Å². The van der Waals surface area contributed by atoms with Crippen LogP contribution in [0.4, 0.5) is 16.2 Å². The highest BCUT2D eigenvalue weighted by atomic mass is 16.6. The van der Waals surface area contributed by atoms with Crippen LogP contribution in [0.3, 0.4) is 0 Å². The number of anilines is 2. The Hall–Kier alpha value is -1.95. The zero-order chi connectivity index (χ0) is 18.1. The molecule has 1 saturated heterocycles. The monoisotopic (exact) mass is 346 g/mol. The largest absolute Gasteiger partial charge is 0.444 e. The number of fused-ring (bicyclic) bond motifs is 1. The van der Waals surface area contributed by atoms with Gasteiger partial charge >= 0.3 is 6.09 Å². The van der Waals surface area contributed by atoms with Gasteiger partial charge in [0.2, 0.25) is 0 Å². The molecule has 1 amide bonds. The summed E-state index contributed by atoms with van der Waals surface area (Å²) in [6, 6.07) is 8.27. The van der Waals surface area contributed by atoms with Gasteiger partial charge in [-0.1, -0.05) is 12.1 Å². The van der Waals surface area contributed by atoms with Gasteiger partial charge in [0.15, 0.2) is 0 Å². The first-order chi connectivity index (χ1) is 11.8. The minimum atomic E-state index is -0.453. The maximum atomic E-state index is 12.3. The lowest BCUT2D eigenvalue weighted by molar-refractivity contribution is 0.0160. The summed E-state index contributed by atoms with van der Waals surface area (Å²) >= 11 is 0. The summed E-state index contributed by atoms with van der Waals surface area (Å²) < 4.78 is 5.50. The van der Waals surface area contributed by atoms with Crippen LogP contribution < -0.4 is 16.4 Å². The molecule has 138 valence electrons. The van der Waals surface area contributed by atoms with E-state index in [0.717, 1.165) is 30.6 Å². The number of para-hydroxylation sites is 2. The SMILES string of the molecule is CC(C)(C)OC(=O)N1CCC(C2(CCN)Nc3ccccc3N2)CC1. The van der Waals surface area contributed by atoms with Gasteiger partial charge in [-0.25, -0.2) is 4.79 Å². The average Bonchev–Trinajstić information content (AvgIpc) is 2.93. The number of hydrogen-bond acceptors (Lipinski definition) is 5. The second-order valence-electron chi connectivity index (χ2n) is 8.05. The molecule has 4 N–H and O–H groups in total. The van der Waals surface area contributed by atoms with Crippen molar-refractivity contribution in [2.45, 2.75) is 51.3 Å². The molecule has 6 nitrogen and oxygen atoms in total. The molecule has 0 aliphatic carbocycles. The van der Waals surface area contributed by atoms with Crippen molar-refractivity contribution >= 4 is 17.5 Å². The predicted molar refractivity (Wildman–Crippen MR) is 101 cm³/mol. The molecule has 1 fully saturated rings. The summed E-state index contributed by atoms with van der Waals surface area (Å²) in [6.07, 6.45) is 2.48. The van der Waals surface area contributed by atoms with Crippen LogP contribution in [-0.2, 0) is 4.74 Å². The third-order valence-electron chi connectivity index (χ3n) is 5.02. The lowest BCUT2D eigenvalue weighted by Crippen LogP contribution is -2.54. The molecule has 2 heterocycles. The van der Waals surface area contributed by atoms with E-state index >= 15 is 0 Å². The Morgan fingerprint density at radius 1 is 1.24 bits per heavy atom. The lowest BCUT2D eigenvalue weighted by atomic mass is 9.82. The van der Waals surface area contributed by atoms with Crippen LogP contribution in [0.2, 0.25) is 0 Å². The molecule has 0 saturated carbocycles.